The lowest BCUT2D eigenvalue weighted by Gasteiger charge is -2.25. The first-order valence-corrected chi connectivity index (χ1v) is 6.18. The first-order chi connectivity index (χ1) is 7.78. The van der Waals surface area contributed by atoms with E-state index < -0.39 is 0 Å². The number of rotatable bonds is 5. The van der Waals surface area contributed by atoms with Gasteiger partial charge in [0.15, 0.2) is 0 Å². The molecule has 0 aromatic heterocycles. The number of cyclic esters (lactones) is 1. The van der Waals surface area contributed by atoms with Crippen LogP contribution in [0, 0.1) is 0 Å². The predicted molar refractivity (Wildman–Crippen MR) is 61.4 cm³/mol. The maximum Gasteiger partial charge on any atom is 0.407 e. The molecule has 5 nitrogen and oxygen atoms in total. The fraction of sp³-hybridized carbons (Fsp3) is 0.909. The summed E-state index contributed by atoms with van der Waals surface area (Å²) in [7, 11) is 0. The summed E-state index contributed by atoms with van der Waals surface area (Å²) >= 11 is 0. The lowest BCUT2D eigenvalue weighted by atomic mass is 10.2. The zero-order valence-corrected chi connectivity index (χ0v) is 9.87. The molecule has 2 aliphatic rings. The van der Waals surface area contributed by atoms with Gasteiger partial charge in [0.25, 0.3) is 0 Å². The maximum absolute atomic E-state index is 10.9. The second kappa shape index (κ2) is 5.50. The van der Waals surface area contributed by atoms with Crippen LogP contribution in [0.4, 0.5) is 4.79 Å². The van der Waals surface area contributed by atoms with Crippen LogP contribution in [0.25, 0.3) is 0 Å². The number of hydrogen-bond acceptors (Lipinski definition) is 4. The van der Waals surface area contributed by atoms with E-state index in [1.165, 1.54) is 12.8 Å². The normalized spacial score (nSPS) is 29.5. The van der Waals surface area contributed by atoms with Crippen molar-refractivity contribution in [2.24, 2.45) is 0 Å². The minimum absolute atomic E-state index is 0.0221. The number of amides is 1. The third kappa shape index (κ3) is 3.09. The Balaban J connectivity index is 1.73. The van der Waals surface area contributed by atoms with Gasteiger partial charge in [-0.25, -0.2) is 4.79 Å². The van der Waals surface area contributed by atoms with Gasteiger partial charge < -0.3 is 15.4 Å². The van der Waals surface area contributed by atoms with E-state index in [1.807, 2.05) is 0 Å². The molecule has 2 N–H and O–H groups in total. The molecule has 0 radical (unpaired) electrons. The summed E-state index contributed by atoms with van der Waals surface area (Å²) in [5.74, 6) is 0. The summed E-state index contributed by atoms with van der Waals surface area (Å²) in [5, 5.41) is 6.18. The van der Waals surface area contributed by atoms with Gasteiger partial charge in [0.1, 0.15) is 6.10 Å². The molecule has 2 unspecified atom stereocenters. The van der Waals surface area contributed by atoms with Crippen molar-refractivity contribution in [1.29, 1.82) is 0 Å². The molecule has 92 valence electrons. The van der Waals surface area contributed by atoms with Crippen LogP contribution in [0.2, 0.25) is 0 Å². The van der Waals surface area contributed by atoms with Gasteiger partial charge in [-0.15, -0.1) is 0 Å². The van der Waals surface area contributed by atoms with E-state index >= 15 is 0 Å². The highest BCUT2D eigenvalue weighted by Crippen LogP contribution is 2.09. The molecule has 0 aromatic rings. The molecule has 0 aliphatic carbocycles. The largest absolute Gasteiger partial charge is 0.443 e. The predicted octanol–water partition coefficient (Wildman–Crippen LogP) is 0.169. The van der Waals surface area contributed by atoms with Gasteiger partial charge in [-0.1, -0.05) is 6.92 Å². The Morgan fingerprint density at radius 3 is 2.94 bits per heavy atom. The van der Waals surface area contributed by atoms with E-state index in [-0.39, 0.29) is 12.2 Å². The summed E-state index contributed by atoms with van der Waals surface area (Å²) in [5.41, 5.74) is 0. The second-order valence-electron chi connectivity index (χ2n) is 4.55. The molecule has 1 amide bonds. The zero-order valence-electron chi connectivity index (χ0n) is 9.87. The Kier molecular flexibility index (Phi) is 4.01. The number of ether oxygens (including phenoxy) is 1. The van der Waals surface area contributed by atoms with Crippen molar-refractivity contribution in [3.8, 4) is 0 Å². The van der Waals surface area contributed by atoms with Gasteiger partial charge in [-0.2, -0.15) is 0 Å². The molecule has 0 spiro atoms. The number of hydrogen-bond donors (Lipinski definition) is 2. The Hall–Kier alpha value is -0.810. The van der Waals surface area contributed by atoms with E-state index in [0.717, 1.165) is 26.2 Å². The highest BCUT2D eigenvalue weighted by atomic mass is 16.6. The van der Waals surface area contributed by atoms with Crippen molar-refractivity contribution in [2.75, 3.05) is 32.7 Å². The van der Waals surface area contributed by atoms with Crippen LogP contribution in [0.1, 0.15) is 19.8 Å². The molecule has 0 saturated carbocycles. The summed E-state index contributed by atoms with van der Waals surface area (Å²) in [6, 6.07) is 0.616. The van der Waals surface area contributed by atoms with Crippen LogP contribution in [0.5, 0.6) is 0 Å². The lowest BCUT2D eigenvalue weighted by Crippen LogP contribution is -2.41. The lowest BCUT2D eigenvalue weighted by molar-refractivity contribution is 0.107. The number of alkyl carbamates (subject to hydrolysis) is 1. The minimum Gasteiger partial charge on any atom is -0.443 e. The van der Waals surface area contributed by atoms with E-state index in [9.17, 15) is 4.79 Å². The van der Waals surface area contributed by atoms with Gasteiger partial charge in [-0.05, 0) is 25.9 Å². The standard InChI is InChI=1S/C11H21N3O2/c1-2-14(7-9-4-3-5-12-9)8-10-6-13-11(15)16-10/h9-10,12H,2-8H2,1H3,(H,13,15). The number of carbonyl (C=O) groups is 1. The molecular formula is C11H21N3O2. The van der Waals surface area contributed by atoms with Crippen LogP contribution in [-0.4, -0.2) is 55.9 Å². The van der Waals surface area contributed by atoms with Gasteiger partial charge >= 0.3 is 6.09 Å². The first kappa shape index (κ1) is 11.7. The van der Waals surface area contributed by atoms with Gasteiger partial charge in [-0.3, -0.25) is 4.90 Å². The third-order valence-corrected chi connectivity index (χ3v) is 3.30. The van der Waals surface area contributed by atoms with Crippen molar-refractivity contribution >= 4 is 6.09 Å². The third-order valence-electron chi connectivity index (χ3n) is 3.30. The molecule has 0 bridgehead atoms. The Morgan fingerprint density at radius 2 is 2.38 bits per heavy atom. The fourth-order valence-electron chi connectivity index (χ4n) is 2.38. The van der Waals surface area contributed by atoms with Crippen molar-refractivity contribution in [2.45, 2.75) is 31.9 Å². The highest BCUT2D eigenvalue weighted by molar-refractivity contribution is 5.69. The maximum atomic E-state index is 10.9. The van der Waals surface area contributed by atoms with E-state index in [1.54, 1.807) is 0 Å². The molecule has 5 heteroatoms. The summed E-state index contributed by atoms with van der Waals surface area (Å²) in [4.78, 5) is 13.3. The van der Waals surface area contributed by atoms with Crippen molar-refractivity contribution in [3.63, 3.8) is 0 Å². The number of nitrogens with zero attached hydrogens (tertiary/aromatic N) is 1. The zero-order chi connectivity index (χ0) is 11.4. The van der Waals surface area contributed by atoms with E-state index in [2.05, 4.69) is 22.5 Å². The quantitative estimate of drug-likeness (QED) is 0.703. The molecule has 0 aromatic carbocycles. The second-order valence-corrected chi connectivity index (χ2v) is 4.55. The Labute approximate surface area is 96.5 Å². The van der Waals surface area contributed by atoms with Crippen molar-refractivity contribution in [3.05, 3.63) is 0 Å². The Bertz CT molecular complexity index is 241. The molecule has 2 heterocycles. The van der Waals surface area contributed by atoms with E-state index in [0.29, 0.717) is 12.6 Å². The summed E-state index contributed by atoms with van der Waals surface area (Å²) < 4.78 is 5.15. The van der Waals surface area contributed by atoms with Gasteiger partial charge in [0.05, 0.1) is 6.54 Å². The number of nitrogens with one attached hydrogen (secondary N) is 2. The molecule has 2 aliphatic heterocycles. The molecule has 2 rings (SSSR count). The number of carbonyl (C=O) groups excluding carboxylic acids is 1. The SMILES string of the molecule is CCN(CC1CCCN1)CC1CNC(=O)O1. The fourth-order valence-corrected chi connectivity index (χ4v) is 2.38. The smallest absolute Gasteiger partial charge is 0.407 e. The highest BCUT2D eigenvalue weighted by Gasteiger charge is 2.25. The molecule has 2 fully saturated rings. The van der Waals surface area contributed by atoms with Crippen molar-refractivity contribution < 1.29 is 9.53 Å². The topological polar surface area (TPSA) is 53.6 Å². The molecular weight excluding hydrogens is 206 g/mol. The van der Waals surface area contributed by atoms with Crippen LogP contribution in [0.3, 0.4) is 0 Å². The summed E-state index contributed by atoms with van der Waals surface area (Å²) in [6.07, 6.45) is 2.29. The van der Waals surface area contributed by atoms with Crippen LogP contribution in [-0.2, 0) is 4.74 Å². The average Bonchev–Trinajstić information content (AvgIpc) is 2.89. The molecule has 2 saturated heterocycles. The average molecular weight is 227 g/mol. The van der Waals surface area contributed by atoms with Crippen LogP contribution >= 0.6 is 0 Å². The van der Waals surface area contributed by atoms with Crippen LogP contribution < -0.4 is 10.6 Å². The van der Waals surface area contributed by atoms with Gasteiger partial charge in [0.2, 0.25) is 0 Å². The first-order valence-electron chi connectivity index (χ1n) is 6.18. The monoisotopic (exact) mass is 227 g/mol. The van der Waals surface area contributed by atoms with E-state index in [4.69, 9.17) is 4.74 Å². The minimum atomic E-state index is -0.278. The molecule has 16 heavy (non-hydrogen) atoms. The van der Waals surface area contributed by atoms with Crippen molar-refractivity contribution in [1.82, 2.24) is 15.5 Å². The number of likely N-dealkylation sites (N-methyl/N-ethyl adjacent to an activating group) is 1. The van der Waals surface area contributed by atoms with Gasteiger partial charge in [0, 0.05) is 19.1 Å². The Morgan fingerprint density at radius 1 is 1.50 bits per heavy atom. The molecule has 2 atom stereocenters. The summed E-state index contributed by atoms with van der Waals surface area (Å²) in [6.45, 7) is 6.85. The van der Waals surface area contributed by atoms with Crippen LogP contribution in [0.15, 0.2) is 0 Å².